The first-order valence-corrected chi connectivity index (χ1v) is 6.91. The molecule has 102 valence electrons. The van der Waals surface area contributed by atoms with Crippen molar-refractivity contribution in [1.82, 2.24) is 0 Å². The fraction of sp³-hybridized carbons (Fsp3) is 0.235. The van der Waals surface area contributed by atoms with Gasteiger partial charge >= 0.3 is 0 Å². The molecule has 0 saturated heterocycles. The smallest absolute Gasteiger partial charge is 0.151 e. The van der Waals surface area contributed by atoms with Gasteiger partial charge in [0.25, 0.3) is 0 Å². The zero-order chi connectivity index (χ0) is 14.3. The predicted molar refractivity (Wildman–Crippen MR) is 80.8 cm³/mol. The molecule has 0 amide bonds. The number of benzene rings is 2. The molecule has 0 aromatic heterocycles. The van der Waals surface area contributed by atoms with Crippen molar-refractivity contribution < 1.29 is 9.53 Å². The molecule has 2 aromatic rings. The van der Waals surface area contributed by atoms with E-state index in [0.717, 1.165) is 23.2 Å². The second-order valence-corrected chi connectivity index (χ2v) is 6.14. The van der Waals surface area contributed by atoms with Crippen LogP contribution in [0.15, 0.2) is 36.4 Å². The summed E-state index contributed by atoms with van der Waals surface area (Å²) in [7, 11) is 0. The fourth-order valence-electron chi connectivity index (χ4n) is 2.50. The largest absolute Gasteiger partial charge is 0.492 e. The Morgan fingerprint density at radius 3 is 2.55 bits per heavy atom. The number of aldehydes is 1. The molecule has 3 heteroatoms. The lowest BCUT2D eigenvalue weighted by atomic mass is 9.85. The second-order valence-electron chi connectivity index (χ2n) is 5.74. The highest BCUT2D eigenvalue weighted by molar-refractivity contribution is 6.33. The third kappa shape index (κ3) is 2.10. The van der Waals surface area contributed by atoms with E-state index < -0.39 is 0 Å². The summed E-state index contributed by atoms with van der Waals surface area (Å²) in [5.41, 5.74) is 3.84. The first-order valence-electron chi connectivity index (χ1n) is 6.54. The second kappa shape index (κ2) is 4.64. The fourth-order valence-corrected chi connectivity index (χ4v) is 2.73. The molecule has 1 aliphatic heterocycles. The van der Waals surface area contributed by atoms with Gasteiger partial charge in [-0.05, 0) is 35.4 Å². The summed E-state index contributed by atoms with van der Waals surface area (Å²) >= 11 is 6.10. The molecule has 0 bridgehead atoms. The quantitative estimate of drug-likeness (QED) is 0.760. The number of fused-ring (bicyclic) bond motifs is 1. The van der Waals surface area contributed by atoms with Gasteiger partial charge in [-0.1, -0.05) is 37.6 Å². The predicted octanol–water partition coefficient (Wildman–Crippen LogP) is 4.49. The van der Waals surface area contributed by atoms with Crippen LogP contribution in [-0.2, 0) is 5.41 Å². The maximum atomic E-state index is 10.8. The first-order chi connectivity index (χ1) is 9.51. The van der Waals surface area contributed by atoms with Crippen LogP contribution in [-0.4, -0.2) is 12.9 Å². The highest BCUT2D eigenvalue weighted by Crippen LogP contribution is 2.40. The Morgan fingerprint density at radius 1 is 1.15 bits per heavy atom. The molecule has 2 aromatic carbocycles. The number of carbonyl (C=O) groups excluding carboxylic acids is 1. The number of carbonyl (C=O) groups is 1. The van der Waals surface area contributed by atoms with E-state index >= 15 is 0 Å². The van der Waals surface area contributed by atoms with Crippen molar-refractivity contribution in [3.63, 3.8) is 0 Å². The minimum atomic E-state index is 0.0257. The van der Waals surface area contributed by atoms with Gasteiger partial charge in [0.1, 0.15) is 5.75 Å². The highest BCUT2D eigenvalue weighted by atomic mass is 35.5. The normalized spacial score (nSPS) is 15.6. The summed E-state index contributed by atoms with van der Waals surface area (Å²) < 4.78 is 5.69. The van der Waals surface area contributed by atoms with Gasteiger partial charge in [-0.15, -0.1) is 0 Å². The van der Waals surface area contributed by atoms with Crippen LogP contribution in [0.25, 0.3) is 11.1 Å². The van der Waals surface area contributed by atoms with Crippen LogP contribution >= 0.6 is 11.6 Å². The molecule has 1 heterocycles. The van der Waals surface area contributed by atoms with Crippen LogP contribution < -0.4 is 4.74 Å². The van der Waals surface area contributed by atoms with Gasteiger partial charge in [-0.3, -0.25) is 4.79 Å². The molecular formula is C17H15ClO2. The molecule has 3 rings (SSSR count). The third-order valence-corrected chi connectivity index (χ3v) is 4.09. The van der Waals surface area contributed by atoms with Crippen molar-refractivity contribution in [2.24, 2.45) is 0 Å². The van der Waals surface area contributed by atoms with Crippen molar-refractivity contribution in [1.29, 1.82) is 0 Å². The average molecular weight is 287 g/mol. The zero-order valence-corrected chi connectivity index (χ0v) is 12.2. The summed E-state index contributed by atoms with van der Waals surface area (Å²) in [5, 5.41) is 0.480. The molecule has 0 aliphatic carbocycles. The lowest BCUT2D eigenvalue weighted by molar-refractivity contribution is 0.112. The van der Waals surface area contributed by atoms with Crippen LogP contribution in [0.5, 0.6) is 5.75 Å². The Kier molecular flexibility index (Phi) is 3.06. The van der Waals surface area contributed by atoms with Gasteiger partial charge in [0.2, 0.25) is 0 Å². The standard InChI is InChI=1S/C17H15ClO2/c1-17(2)10-20-16-6-5-11(7-14(16)17)12-3-4-13(9-19)15(18)8-12/h3-9H,10H2,1-2H3. The Morgan fingerprint density at radius 2 is 1.85 bits per heavy atom. The van der Waals surface area contributed by atoms with E-state index in [1.54, 1.807) is 6.07 Å². The number of hydrogen-bond acceptors (Lipinski definition) is 2. The summed E-state index contributed by atoms with van der Waals surface area (Å²) in [6.07, 6.45) is 0.770. The van der Waals surface area contributed by atoms with E-state index in [2.05, 4.69) is 19.9 Å². The maximum absolute atomic E-state index is 10.8. The van der Waals surface area contributed by atoms with Gasteiger partial charge in [-0.2, -0.15) is 0 Å². The molecule has 0 fully saturated rings. The number of halogens is 1. The van der Waals surface area contributed by atoms with Gasteiger partial charge in [0.05, 0.1) is 11.6 Å². The zero-order valence-electron chi connectivity index (χ0n) is 11.4. The molecule has 0 N–H and O–H groups in total. The van der Waals surface area contributed by atoms with Gasteiger partial charge in [-0.25, -0.2) is 0 Å². The minimum absolute atomic E-state index is 0.0257. The lowest BCUT2D eigenvalue weighted by Gasteiger charge is -2.16. The topological polar surface area (TPSA) is 26.3 Å². The number of ether oxygens (including phenoxy) is 1. The highest BCUT2D eigenvalue weighted by Gasteiger charge is 2.31. The van der Waals surface area contributed by atoms with Crippen molar-refractivity contribution in [3.05, 3.63) is 52.5 Å². The minimum Gasteiger partial charge on any atom is -0.492 e. The van der Waals surface area contributed by atoms with E-state index in [1.807, 2.05) is 24.3 Å². The Bertz CT molecular complexity index is 689. The number of rotatable bonds is 2. The van der Waals surface area contributed by atoms with E-state index in [1.165, 1.54) is 5.56 Å². The van der Waals surface area contributed by atoms with Crippen LogP contribution in [0.2, 0.25) is 5.02 Å². The van der Waals surface area contributed by atoms with Crippen LogP contribution in [0.1, 0.15) is 29.8 Å². The summed E-state index contributed by atoms with van der Waals surface area (Å²) in [6.45, 7) is 5.05. The Balaban J connectivity index is 2.08. The van der Waals surface area contributed by atoms with Crippen molar-refractivity contribution in [2.75, 3.05) is 6.61 Å². The van der Waals surface area contributed by atoms with Gasteiger partial charge in [0.15, 0.2) is 6.29 Å². The first kappa shape index (κ1) is 13.2. The lowest BCUT2D eigenvalue weighted by Crippen LogP contribution is -2.18. The van der Waals surface area contributed by atoms with Gasteiger partial charge in [0, 0.05) is 16.5 Å². The Labute approximate surface area is 123 Å². The van der Waals surface area contributed by atoms with Crippen molar-refractivity contribution in [3.8, 4) is 16.9 Å². The van der Waals surface area contributed by atoms with E-state index in [-0.39, 0.29) is 5.41 Å². The number of hydrogen-bond donors (Lipinski definition) is 0. The maximum Gasteiger partial charge on any atom is 0.151 e. The van der Waals surface area contributed by atoms with Gasteiger partial charge < -0.3 is 4.74 Å². The summed E-state index contributed by atoms with van der Waals surface area (Å²) in [6, 6.07) is 11.7. The average Bonchev–Trinajstić information content (AvgIpc) is 2.74. The monoisotopic (exact) mass is 286 g/mol. The third-order valence-electron chi connectivity index (χ3n) is 3.76. The molecule has 0 spiro atoms. The molecule has 1 aliphatic rings. The molecule has 20 heavy (non-hydrogen) atoms. The van der Waals surface area contributed by atoms with Crippen LogP contribution in [0.4, 0.5) is 0 Å². The Hall–Kier alpha value is -1.80. The molecule has 2 nitrogen and oxygen atoms in total. The van der Waals surface area contributed by atoms with Crippen molar-refractivity contribution >= 4 is 17.9 Å². The summed E-state index contributed by atoms with van der Waals surface area (Å²) in [4.78, 5) is 10.8. The van der Waals surface area contributed by atoms with E-state index in [4.69, 9.17) is 16.3 Å². The molecular weight excluding hydrogens is 272 g/mol. The van der Waals surface area contributed by atoms with E-state index in [9.17, 15) is 4.79 Å². The molecule has 0 radical (unpaired) electrons. The van der Waals surface area contributed by atoms with Crippen LogP contribution in [0, 0.1) is 0 Å². The molecule has 0 unspecified atom stereocenters. The van der Waals surface area contributed by atoms with E-state index in [0.29, 0.717) is 17.2 Å². The van der Waals surface area contributed by atoms with Crippen LogP contribution in [0.3, 0.4) is 0 Å². The SMILES string of the molecule is CC1(C)COc2ccc(-c3ccc(C=O)c(Cl)c3)cc21. The molecule has 0 atom stereocenters. The summed E-state index contributed by atoms with van der Waals surface area (Å²) in [5.74, 6) is 0.953. The van der Waals surface area contributed by atoms with Crippen molar-refractivity contribution in [2.45, 2.75) is 19.3 Å². The molecule has 0 saturated carbocycles.